The number of amides is 2. The van der Waals surface area contributed by atoms with E-state index in [1.54, 1.807) is 18.2 Å². The maximum Gasteiger partial charge on any atom is 0.261 e. The fraction of sp³-hybridized carbons (Fsp3) is 0.333. The number of nitrogens with one attached hydrogen (secondary N) is 2. The standard InChI is InChI=1S/C18H19ClN2O4S/c19-12-10-14-15(25-8-3-7-24-14)11-13(12)21-17(22)5-1-6-20-18(23)16-4-2-9-26-16/h2,4,9-11H,1,3,5-8H2,(H,20,23)(H,21,22). The van der Waals surface area contributed by atoms with Gasteiger partial charge < -0.3 is 20.1 Å². The first-order valence-corrected chi connectivity index (χ1v) is 9.60. The van der Waals surface area contributed by atoms with Gasteiger partial charge in [-0.25, -0.2) is 0 Å². The highest BCUT2D eigenvalue weighted by molar-refractivity contribution is 7.12. The van der Waals surface area contributed by atoms with Crippen LogP contribution in [0.15, 0.2) is 29.6 Å². The van der Waals surface area contributed by atoms with E-state index in [-0.39, 0.29) is 18.2 Å². The molecule has 0 fully saturated rings. The predicted molar refractivity (Wildman–Crippen MR) is 102 cm³/mol. The van der Waals surface area contributed by atoms with E-state index in [1.807, 2.05) is 11.4 Å². The van der Waals surface area contributed by atoms with Crippen LogP contribution >= 0.6 is 22.9 Å². The predicted octanol–water partition coefficient (Wildman–Crippen LogP) is 3.71. The van der Waals surface area contributed by atoms with Crippen molar-refractivity contribution in [2.45, 2.75) is 19.3 Å². The molecule has 2 N–H and O–H groups in total. The van der Waals surface area contributed by atoms with Crippen LogP contribution in [-0.2, 0) is 4.79 Å². The quantitative estimate of drug-likeness (QED) is 0.732. The van der Waals surface area contributed by atoms with Crippen molar-refractivity contribution in [3.8, 4) is 11.5 Å². The average molecular weight is 395 g/mol. The lowest BCUT2D eigenvalue weighted by Crippen LogP contribution is -2.24. The smallest absolute Gasteiger partial charge is 0.261 e. The maximum absolute atomic E-state index is 12.1. The Hall–Kier alpha value is -2.25. The van der Waals surface area contributed by atoms with Crippen molar-refractivity contribution in [2.75, 3.05) is 25.1 Å². The molecular formula is C18H19ClN2O4S. The number of carbonyl (C=O) groups excluding carboxylic acids is 2. The molecule has 1 aliphatic rings. The summed E-state index contributed by atoms with van der Waals surface area (Å²) in [6.07, 6.45) is 1.60. The molecule has 0 atom stereocenters. The van der Waals surface area contributed by atoms with Crippen molar-refractivity contribution in [1.29, 1.82) is 0 Å². The van der Waals surface area contributed by atoms with Crippen molar-refractivity contribution < 1.29 is 19.1 Å². The van der Waals surface area contributed by atoms with Crippen molar-refractivity contribution in [3.63, 3.8) is 0 Å². The van der Waals surface area contributed by atoms with Crippen LogP contribution in [0, 0.1) is 0 Å². The largest absolute Gasteiger partial charge is 0.490 e. The molecule has 6 nitrogen and oxygen atoms in total. The molecule has 2 heterocycles. The molecule has 26 heavy (non-hydrogen) atoms. The van der Waals surface area contributed by atoms with Gasteiger partial charge in [0.05, 0.1) is 28.8 Å². The second kappa shape index (κ2) is 8.91. The van der Waals surface area contributed by atoms with E-state index >= 15 is 0 Å². The van der Waals surface area contributed by atoms with Crippen molar-refractivity contribution >= 4 is 40.4 Å². The Balaban J connectivity index is 1.47. The van der Waals surface area contributed by atoms with Gasteiger partial charge in [0.15, 0.2) is 11.5 Å². The number of ether oxygens (including phenoxy) is 2. The van der Waals surface area contributed by atoms with E-state index < -0.39 is 0 Å². The van der Waals surface area contributed by atoms with Crippen LogP contribution in [0.1, 0.15) is 28.9 Å². The van der Waals surface area contributed by atoms with E-state index in [0.717, 1.165) is 6.42 Å². The third kappa shape index (κ3) is 4.89. The monoisotopic (exact) mass is 394 g/mol. The van der Waals surface area contributed by atoms with Crippen LogP contribution in [0.25, 0.3) is 0 Å². The van der Waals surface area contributed by atoms with Crippen molar-refractivity contribution in [1.82, 2.24) is 5.32 Å². The van der Waals surface area contributed by atoms with Crippen LogP contribution in [0.4, 0.5) is 5.69 Å². The molecule has 1 aromatic carbocycles. The van der Waals surface area contributed by atoms with Gasteiger partial charge in [-0.2, -0.15) is 0 Å². The molecule has 0 bridgehead atoms. The van der Waals surface area contributed by atoms with Crippen LogP contribution in [0.3, 0.4) is 0 Å². The Bertz CT molecular complexity index is 780. The summed E-state index contributed by atoms with van der Waals surface area (Å²) in [5, 5.41) is 7.82. The summed E-state index contributed by atoms with van der Waals surface area (Å²) in [5.41, 5.74) is 0.489. The van der Waals surface area contributed by atoms with E-state index in [9.17, 15) is 9.59 Å². The molecule has 3 rings (SSSR count). The minimum Gasteiger partial charge on any atom is -0.490 e. The molecule has 2 aromatic rings. The molecule has 0 unspecified atom stereocenters. The minimum absolute atomic E-state index is 0.119. The summed E-state index contributed by atoms with van der Waals surface area (Å²) in [6.45, 7) is 1.57. The molecule has 8 heteroatoms. The lowest BCUT2D eigenvalue weighted by molar-refractivity contribution is -0.116. The second-order valence-corrected chi connectivity index (χ2v) is 7.07. The normalized spacial score (nSPS) is 13.0. The van der Waals surface area contributed by atoms with Gasteiger partial charge in [-0.15, -0.1) is 11.3 Å². The average Bonchev–Trinajstić information content (AvgIpc) is 3.07. The van der Waals surface area contributed by atoms with E-state index in [1.165, 1.54) is 11.3 Å². The van der Waals surface area contributed by atoms with Gasteiger partial charge in [0.25, 0.3) is 5.91 Å². The lowest BCUT2D eigenvalue weighted by atomic mass is 10.2. The summed E-state index contributed by atoms with van der Waals surface area (Å²) in [4.78, 5) is 24.6. The van der Waals surface area contributed by atoms with Gasteiger partial charge in [-0.1, -0.05) is 17.7 Å². The number of fused-ring (bicyclic) bond motifs is 1. The number of rotatable bonds is 6. The van der Waals surface area contributed by atoms with E-state index in [2.05, 4.69) is 10.6 Å². The Kier molecular flexibility index (Phi) is 6.35. The molecule has 0 spiro atoms. The van der Waals surface area contributed by atoms with Gasteiger partial charge in [0.1, 0.15) is 0 Å². The zero-order valence-corrected chi connectivity index (χ0v) is 15.6. The first-order chi connectivity index (χ1) is 12.6. The molecule has 1 aromatic heterocycles. The number of hydrogen-bond acceptors (Lipinski definition) is 5. The Morgan fingerprint density at radius 2 is 1.96 bits per heavy atom. The topological polar surface area (TPSA) is 76.7 Å². The Morgan fingerprint density at radius 1 is 1.19 bits per heavy atom. The number of halogens is 1. The van der Waals surface area contributed by atoms with Crippen molar-refractivity contribution in [3.05, 3.63) is 39.5 Å². The number of hydrogen-bond donors (Lipinski definition) is 2. The lowest BCUT2D eigenvalue weighted by Gasteiger charge is -2.12. The highest BCUT2D eigenvalue weighted by atomic mass is 35.5. The number of anilines is 1. The van der Waals surface area contributed by atoms with Crippen molar-refractivity contribution in [2.24, 2.45) is 0 Å². The molecule has 0 saturated carbocycles. The Morgan fingerprint density at radius 3 is 2.69 bits per heavy atom. The van der Waals surface area contributed by atoms with Crippen LogP contribution in [0.5, 0.6) is 11.5 Å². The van der Waals surface area contributed by atoms with E-state index in [4.69, 9.17) is 21.1 Å². The first-order valence-electron chi connectivity index (χ1n) is 8.34. The Labute approximate surface area is 160 Å². The molecule has 0 saturated heterocycles. The third-order valence-electron chi connectivity index (χ3n) is 3.72. The van der Waals surface area contributed by atoms with Crippen LogP contribution < -0.4 is 20.1 Å². The van der Waals surface area contributed by atoms with Gasteiger partial charge in [-0.3, -0.25) is 9.59 Å². The summed E-state index contributed by atoms with van der Waals surface area (Å²) in [6, 6.07) is 6.92. The second-order valence-electron chi connectivity index (χ2n) is 5.71. The van der Waals surface area contributed by atoms with Gasteiger partial charge in [-0.05, 0) is 17.9 Å². The minimum atomic E-state index is -0.174. The molecule has 2 amide bonds. The number of benzene rings is 1. The molecule has 138 valence electrons. The zero-order valence-electron chi connectivity index (χ0n) is 14.0. The molecular weight excluding hydrogens is 376 g/mol. The molecule has 1 aliphatic heterocycles. The fourth-order valence-corrected chi connectivity index (χ4v) is 3.28. The highest BCUT2D eigenvalue weighted by Crippen LogP contribution is 2.37. The van der Waals surface area contributed by atoms with Gasteiger partial charge in [0.2, 0.25) is 5.91 Å². The summed E-state index contributed by atoms with van der Waals surface area (Å²) in [7, 11) is 0. The van der Waals surface area contributed by atoms with Gasteiger partial charge >= 0.3 is 0 Å². The van der Waals surface area contributed by atoms with Crippen LogP contribution in [-0.4, -0.2) is 31.6 Å². The number of thiophene rings is 1. The third-order valence-corrected chi connectivity index (χ3v) is 4.90. The van der Waals surface area contributed by atoms with Gasteiger partial charge in [0, 0.05) is 31.5 Å². The van der Waals surface area contributed by atoms with E-state index in [0.29, 0.717) is 53.3 Å². The highest BCUT2D eigenvalue weighted by Gasteiger charge is 2.15. The molecule has 0 radical (unpaired) electrons. The first kappa shape index (κ1) is 18.5. The number of carbonyl (C=O) groups is 2. The summed E-state index contributed by atoms with van der Waals surface area (Å²) in [5.74, 6) is 0.866. The molecule has 0 aliphatic carbocycles. The summed E-state index contributed by atoms with van der Waals surface area (Å²) < 4.78 is 11.2. The SMILES string of the molecule is O=C(CCCNC(=O)c1cccs1)Nc1cc2c(cc1Cl)OCCCO2. The summed E-state index contributed by atoms with van der Waals surface area (Å²) >= 11 is 7.60. The zero-order chi connectivity index (χ0) is 18.4. The van der Waals surface area contributed by atoms with Crippen LogP contribution in [0.2, 0.25) is 5.02 Å². The maximum atomic E-state index is 12.1. The fourth-order valence-electron chi connectivity index (χ4n) is 2.44.